The summed E-state index contributed by atoms with van der Waals surface area (Å²) in [5.41, 5.74) is 1.04. The molecule has 0 radical (unpaired) electrons. The smallest absolute Gasteiger partial charge is 0.213 e. The van der Waals surface area contributed by atoms with E-state index in [0.29, 0.717) is 6.10 Å². The van der Waals surface area contributed by atoms with Gasteiger partial charge in [-0.1, -0.05) is 13.0 Å². The molecule has 3 heteroatoms. The zero-order chi connectivity index (χ0) is 12.1. The minimum absolute atomic E-state index is 0.364. The Kier molecular flexibility index (Phi) is 4.37. The van der Waals surface area contributed by atoms with Crippen LogP contribution in [0.4, 0.5) is 0 Å². The Morgan fingerprint density at radius 1 is 1.29 bits per heavy atom. The molecule has 17 heavy (non-hydrogen) atoms. The van der Waals surface area contributed by atoms with E-state index in [9.17, 15) is 0 Å². The van der Waals surface area contributed by atoms with Crippen LogP contribution in [0.15, 0.2) is 18.2 Å². The van der Waals surface area contributed by atoms with Crippen LogP contribution in [0.25, 0.3) is 0 Å². The van der Waals surface area contributed by atoms with Crippen molar-refractivity contribution in [2.45, 2.75) is 45.3 Å². The summed E-state index contributed by atoms with van der Waals surface area (Å²) in [5, 5.41) is 3.10. The van der Waals surface area contributed by atoms with Crippen molar-refractivity contribution >= 4 is 0 Å². The van der Waals surface area contributed by atoms with Gasteiger partial charge in [0.1, 0.15) is 6.10 Å². The number of rotatable bonds is 4. The summed E-state index contributed by atoms with van der Waals surface area (Å²) in [6.07, 6.45) is 5.25. The summed E-state index contributed by atoms with van der Waals surface area (Å²) in [6, 6.07) is 5.99. The van der Waals surface area contributed by atoms with Gasteiger partial charge in [0.15, 0.2) is 0 Å². The molecule has 0 atom stereocenters. The SMILES string of the molecule is CNCc1cccc(OC2CCC(C)CC2)n1. The second-order valence-electron chi connectivity index (χ2n) is 5.00. The zero-order valence-electron chi connectivity index (χ0n) is 10.8. The Labute approximate surface area is 104 Å². The molecule has 0 aromatic carbocycles. The second-order valence-corrected chi connectivity index (χ2v) is 5.00. The van der Waals surface area contributed by atoms with Crippen LogP contribution < -0.4 is 10.1 Å². The normalized spacial score (nSPS) is 24.6. The molecule has 1 saturated carbocycles. The van der Waals surface area contributed by atoms with E-state index in [1.165, 1.54) is 25.7 Å². The van der Waals surface area contributed by atoms with Crippen molar-refractivity contribution in [2.24, 2.45) is 5.92 Å². The van der Waals surface area contributed by atoms with E-state index in [2.05, 4.69) is 17.2 Å². The summed E-state index contributed by atoms with van der Waals surface area (Å²) in [5.74, 6) is 1.63. The second kappa shape index (κ2) is 6.01. The molecule has 2 rings (SSSR count). The lowest BCUT2D eigenvalue weighted by molar-refractivity contribution is 0.130. The predicted molar refractivity (Wildman–Crippen MR) is 69.0 cm³/mol. The molecular weight excluding hydrogens is 212 g/mol. The van der Waals surface area contributed by atoms with Gasteiger partial charge in [-0.3, -0.25) is 0 Å². The van der Waals surface area contributed by atoms with E-state index in [4.69, 9.17) is 4.74 Å². The Bertz CT molecular complexity index is 346. The standard InChI is InChI=1S/C14H22N2O/c1-11-6-8-13(9-7-11)17-14-5-3-4-12(16-14)10-15-2/h3-5,11,13,15H,6-10H2,1-2H3. The Hall–Kier alpha value is -1.09. The van der Waals surface area contributed by atoms with Crippen LogP contribution >= 0.6 is 0 Å². The first-order chi connectivity index (χ1) is 8.28. The van der Waals surface area contributed by atoms with E-state index in [0.717, 1.165) is 24.0 Å². The van der Waals surface area contributed by atoms with Crippen LogP contribution in [0.5, 0.6) is 5.88 Å². The van der Waals surface area contributed by atoms with Crippen molar-refractivity contribution in [3.8, 4) is 5.88 Å². The molecule has 1 aliphatic carbocycles. The maximum Gasteiger partial charge on any atom is 0.213 e. The Balaban J connectivity index is 1.91. The van der Waals surface area contributed by atoms with E-state index < -0.39 is 0 Å². The number of hydrogen-bond donors (Lipinski definition) is 1. The third-order valence-corrected chi connectivity index (χ3v) is 3.39. The van der Waals surface area contributed by atoms with Crippen molar-refractivity contribution in [1.82, 2.24) is 10.3 Å². The molecule has 1 fully saturated rings. The molecule has 3 nitrogen and oxygen atoms in total. The van der Waals surface area contributed by atoms with E-state index in [1.807, 2.05) is 25.2 Å². The van der Waals surface area contributed by atoms with Crippen LogP contribution in [0.1, 0.15) is 38.3 Å². The lowest BCUT2D eigenvalue weighted by Crippen LogP contribution is -2.23. The maximum absolute atomic E-state index is 5.95. The molecule has 0 spiro atoms. The average Bonchev–Trinajstić information content (AvgIpc) is 2.33. The molecule has 0 amide bonds. The molecule has 1 aromatic heterocycles. The number of pyridine rings is 1. The van der Waals surface area contributed by atoms with Gasteiger partial charge in [0.05, 0.1) is 5.69 Å². The number of ether oxygens (including phenoxy) is 1. The average molecular weight is 234 g/mol. The van der Waals surface area contributed by atoms with Gasteiger partial charge in [-0.25, -0.2) is 4.98 Å². The fraction of sp³-hybridized carbons (Fsp3) is 0.643. The quantitative estimate of drug-likeness (QED) is 0.870. The van der Waals surface area contributed by atoms with Crippen LogP contribution in [-0.2, 0) is 6.54 Å². The number of hydrogen-bond acceptors (Lipinski definition) is 3. The van der Waals surface area contributed by atoms with Crippen molar-refractivity contribution in [2.75, 3.05) is 7.05 Å². The van der Waals surface area contributed by atoms with Crippen LogP contribution in [0.3, 0.4) is 0 Å². The highest BCUT2D eigenvalue weighted by atomic mass is 16.5. The number of nitrogens with zero attached hydrogens (tertiary/aromatic N) is 1. The van der Waals surface area contributed by atoms with Gasteiger partial charge in [-0.2, -0.15) is 0 Å². The maximum atomic E-state index is 5.95. The van der Waals surface area contributed by atoms with Crippen LogP contribution in [0.2, 0.25) is 0 Å². The largest absolute Gasteiger partial charge is 0.474 e. The monoisotopic (exact) mass is 234 g/mol. The molecule has 94 valence electrons. The lowest BCUT2D eigenvalue weighted by Gasteiger charge is -2.26. The summed E-state index contributed by atoms with van der Waals surface area (Å²) in [4.78, 5) is 4.49. The van der Waals surface area contributed by atoms with E-state index in [-0.39, 0.29) is 0 Å². The predicted octanol–water partition coefficient (Wildman–Crippen LogP) is 2.76. The first-order valence-corrected chi connectivity index (χ1v) is 6.55. The van der Waals surface area contributed by atoms with Gasteiger partial charge < -0.3 is 10.1 Å². The third-order valence-electron chi connectivity index (χ3n) is 3.39. The zero-order valence-corrected chi connectivity index (χ0v) is 10.8. The molecule has 1 aliphatic rings. The van der Waals surface area contributed by atoms with Crippen molar-refractivity contribution in [3.05, 3.63) is 23.9 Å². The van der Waals surface area contributed by atoms with E-state index in [1.54, 1.807) is 0 Å². The van der Waals surface area contributed by atoms with E-state index >= 15 is 0 Å². The highest BCUT2D eigenvalue weighted by Gasteiger charge is 2.19. The van der Waals surface area contributed by atoms with Gasteiger partial charge >= 0.3 is 0 Å². The fourth-order valence-corrected chi connectivity index (χ4v) is 2.32. The summed E-state index contributed by atoms with van der Waals surface area (Å²) in [7, 11) is 1.93. The molecule has 0 saturated heterocycles. The minimum Gasteiger partial charge on any atom is -0.474 e. The minimum atomic E-state index is 0.364. The van der Waals surface area contributed by atoms with Gasteiger partial charge in [0.25, 0.3) is 0 Å². The van der Waals surface area contributed by atoms with Gasteiger partial charge in [0, 0.05) is 12.6 Å². The highest BCUT2D eigenvalue weighted by Crippen LogP contribution is 2.26. The highest BCUT2D eigenvalue weighted by molar-refractivity contribution is 5.16. The Morgan fingerprint density at radius 2 is 2.06 bits per heavy atom. The summed E-state index contributed by atoms with van der Waals surface area (Å²) < 4.78 is 5.95. The molecule has 1 aromatic rings. The van der Waals surface area contributed by atoms with Crippen LogP contribution in [-0.4, -0.2) is 18.1 Å². The van der Waals surface area contributed by atoms with Crippen molar-refractivity contribution in [3.63, 3.8) is 0 Å². The first kappa shape index (κ1) is 12.4. The molecule has 0 aliphatic heterocycles. The molecule has 1 heterocycles. The van der Waals surface area contributed by atoms with Gasteiger partial charge in [-0.15, -0.1) is 0 Å². The fourth-order valence-electron chi connectivity index (χ4n) is 2.32. The molecule has 0 bridgehead atoms. The summed E-state index contributed by atoms with van der Waals surface area (Å²) in [6.45, 7) is 3.11. The lowest BCUT2D eigenvalue weighted by atomic mass is 9.89. The van der Waals surface area contributed by atoms with Gasteiger partial charge in [-0.05, 0) is 44.7 Å². The third kappa shape index (κ3) is 3.70. The first-order valence-electron chi connectivity index (χ1n) is 6.55. The molecule has 1 N–H and O–H groups in total. The molecular formula is C14H22N2O. The van der Waals surface area contributed by atoms with Crippen molar-refractivity contribution < 1.29 is 4.74 Å². The summed E-state index contributed by atoms with van der Waals surface area (Å²) >= 11 is 0. The van der Waals surface area contributed by atoms with Crippen molar-refractivity contribution in [1.29, 1.82) is 0 Å². The number of aromatic nitrogens is 1. The Morgan fingerprint density at radius 3 is 2.76 bits per heavy atom. The molecule has 0 unspecified atom stereocenters. The van der Waals surface area contributed by atoms with Crippen LogP contribution in [0, 0.1) is 5.92 Å². The number of nitrogens with one attached hydrogen (secondary N) is 1. The van der Waals surface area contributed by atoms with Gasteiger partial charge in [0.2, 0.25) is 5.88 Å². The topological polar surface area (TPSA) is 34.1 Å².